The lowest BCUT2D eigenvalue weighted by Gasteiger charge is -2.38. The Bertz CT molecular complexity index is 356. The Morgan fingerprint density at radius 2 is 1.35 bits per heavy atom. The average Bonchev–Trinajstić information content (AvgIpc) is 2.27. The third kappa shape index (κ3) is 2.55. The highest BCUT2D eigenvalue weighted by atomic mass is 16.3. The van der Waals surface area contributed by atoms with Gasteiger partial charge in [-0.05, 0) is 28.9 Å². The van der Waals surface area contributed by atoms with Gasteiger partial charge in [-0.25, -0.2) is 0 Å². The van der Waals surface area contributed by atoms with E-state index in [2.05, 4.69) is 59.7 Å². The summed E-state index contributed by atoms with van der Waals surface area (Å²) in [5.41, 5.74) is 1.62. The first-order valence-electron chi connectivity index (χ1n) is 6.63. The zero-order valence-electron chi connectivity index (χ0n) is 12.0. The van der Waals surface area contributed by atoms with Crippen LogP contribution in [-0.2, 0) is 5.60 Å². The summed E-state index contributed by atoms with van der Waals surface area (Å²) in [5.74, 6) is 0.861. The first-order valence-corrected chi connectivity index (χ1v) is 6.63. The highest BCUT2D eigenvalue weighted by Gasteiger charge is 2.38. The fraction of sp³-hybridized carbons (Fsp3) is 0.625. The van der Waals surface area contributed by atoms with Crippen LogP contribution in [0.25, 0.3) is 0 Å². The van der Waals surface area contributed by atoms with E-state index >= 15 is 0 Å². The number of hydrogen-bond donors (Lipinski definition) is 1. The van der Waals surface area contributed by atoms with Crippen molar-refractivity contribution < 1.29 is 5.11 Å². The molecule has 0 radical (unpaired) electrons. The largest absolute Gasteiger partial charge is 0.385 e. The second-order valence-electron chi connectivity index (χ2n) is 5.88. The fourth-order valence-corrected chi connectivity index (χ4v) is 2.65. The minimum Gasteiger partial charge on any atom is -0.385 e. The van der Waals surface area contributed by atoms with Crippen LogP contribution in [0, 0.1) is 11.8 Å². The average molecular weight is 234 g/mol. The van der Waals surface area contributed by atoms with Crippen LogP contribution in [-0.4, -0.2) is 5.11 Å². The molecular weight excluding hydrogens is 208 g/mol. The maximum absolute atomic E-state index is 11.1. The molecular formula is C16H26O. The summed E-state index contributed by atoms with van der Waals surface area (Å²) >= 11 is 0. The molecule has 0 aliphatic carbocycles. The van der Waals surface area contributed by atoms with Gasteiger partial charge < -0.3 is 5.11 Å². The van der Waals surface area contributed by atoms with Gasteiger partial charge in [0.05, 0.1) is 5.60 Å². The van der Waals surface area contributed by atoms with E-state index in [0.717, 1.165) is 5.56 Å². The molecule has 0 amide bonds. The lowest BCUT2D eigenvalue weighted by Crippen LogP contribution is -2.38. The van der Waals surface area contributed by atoms with Crippen molar-refractivity contribution in [1.82, 2.24) is 0 Å². The number of aliphatic hydroxyl groups is 1. The van der Waals surface area contributed by atoms with E-state index < -0.39 is 5.60 Å². The fourth-order valence-electron chi connectivity index (χ4n) is 2.65. The molecule has 0 fully saturated rings. The quantitative estimate of drug-likeness (QED) is 0.823. The normalized spacial score (nSPS) is 12.8. The maximum atomic E-state index is 11.1. The molecule has 0 unspecified atom stereocenters. The van der Waals surface area contributed by atoms with Crippen LogP contribution < -0.4 is 0 Å². The van der Waals surface area contributed by atoms with Gasteiger partial charge >= 0.3 is 0 Å². The molecule has 0 saturated carbocycles. The maximum Gasteiger partial charge on any atom is 0.0944 e. The van der Waals surface area contributed by atoms with Gasteiger partial charge in [0.1, 0.15) is 0 Å². The lowest BCUT2D eigenvalue weighted by atomic mass is 9.72. The summed E-state index contributed by atoms with van der Waals surface area (Å²) in [4.78, 5) is 0. The van der Waals surface area contributed by atoms with Gasteiger partial charge in [0.2, 0.25) is 0 Å². The predicted octanol–water partition coefficient (Wildman–Crippen LogP) is 4.31. The zero-order chi connectivity index (χ0) is 13.2. The standard InChI is InChI=1S/C16H26O/c1-11(2)14-9-7-8-10-15(14)16(17,12(3)4)13(5)6/h7-13,17H,1-6H3. The van der Waals surface area contributed by atoms with Gasteiger partial charge in [0.15, 0.2) is 0 Å². The van der Waals surface area contributed by atoms with Gasteiger partial charge in [-0.3, -0.25) is 0 Å². The molecule has 0 aliphatic heterocycles. The molecule has 0 aliphatic rings. The Kier molecular flexibility index (Phi) is 4.37. The molecule has 1 rings (SSSR count). The van der Waals surface area contributed by atoms with Crippen molar-refractivity contribution in [2.24, 2.45) is 11.8 Å². The van der Waals surface area contributed by atoms with E-state index in [9.17, 15) is 5.11 Å². The van der Waals surface area contributed by atoms with Gasteiger partial charge in [0, 0.05) is 0 Å². The molecule has 96 valence electrons. The topological polar surface area (TPSA) is 20.2 Å². The minimum atomic E-state index is -0.735. The number of benzene rings is 1. The summed E-state index contributed by atoms with van der Waals surface area (Å²) in [5, 5.41) is 11.1. The smallest absolute Gasteiger partial charge is 0.0944 e. The summed E-state index contributed by atoms with van der Waals surface area (Å²) in [6, 6.07) is 8.29. The van der Waals surface area contributed by atoms with Crippen LogP contribution in [0.5, 0.6) is 0 Å². The summed E-state index contributed by atoms with van der Waals surface area (Å²) < 4.78 is 0. The van der Waals surface area contributed by atoms with E-state index in [1.54, 1.807) is 0 Å². The molecule has 0 spiro atoms. The summed E-state index contributed by atoms with van der Waals surface area (Å²) in [7, 11) is 0. The summed E-state index contributed by atoms with van der Waals surface area (Å²) in [6.07, 6.45) is 0. The molecule has 1 heteroatoms. The van der Waals surface area contributed by atoms with Crippen LogP contribution in [0.2, 0.25) is 0 Å². The first-order chi connectivity index (χ1) is 7.81. The van der Waals surface area contributed by atoms with Gasteiger partial charge in [-0.2, -0.15) is 0 Å². The highest BCUT2D eigenvalue weighted by Crippen LogP contribution is 2.40. The molecule has 1 N–H and O–H groups in total. The molecule has 1 aromatic rings. The lowest BCUT2D eigenvalue weighted by molar-refractivity contribution is -0.0539. The van der Waals surface area contributed by atoms with Crippen molar-refractivity contribution in [2.45, 2.75) is 53.1 Å². The van der Waals surface area contributed by atoms with Crippen molar-refractivity contribution in [3.8, 4) is 0 Å². The molecule has 1 nitrogen and oxygen atoms in total. The highest BCUT2D eigenvalue weighted by molar-refractivity contribution is 5.35. The molecule has 0 heterocycles. The van der Waals surface area contributed by atoms with E-state index in [-0.39, 0.29) is 11.8 Å². The molecule has 1 aromatic carbocycles. The molecule has 0 bridgehead atoms. The van der Waals surface area contributed by atoms with Gasteiger partial charge in [-0.15, -0.1) is 0 Å². The number of rotatable bonds is 4. The Hall–Kier alpha value is -0.820. The second kappa shape index (κ2) is 5.22. The predicted molar refractivity (Wildman–Crippen MR) is 74.1 cm³/mol. The van der Waals surface area contributed by atoms with Crippen molar-refractivity contribution in [3.63, 3.8) is 0 Å². The third-order valence-corrected chi connectivity index (χ3v) is 3.77. The minimum absolute atomic E-state index is 0.211. The number of hydrogen-bond acceptors (Lipinski definition) is 1. The second-order valence-corrected chi connectivity index (χ2v) is 5.88. The zero-order valence-corrected chi connectivity index (χ0v) is 12.0. The van der Waals surface area contributed by atoms with Crippen LogP contribution in [0.15, 0.2) is 24.3 Å². The van der Waals surface area contributed by atoms with E-state index in [1.807, 2.05) is 6.07 Å². The molecule has 17 heavy (non-hydrogen) atoms. The van der Waals surface area contributed by atoms with Crippen molar-refractivity contribution in [2.75, 3.05) is 0 Å². The van der Waals surface area contributed by atoms with Crippen LogP contribution >= 0.6 is 0 Å². The monoisotopic (exact) mass is 234 g/mol. The van der Waals surface area contributed by atoms with Crippen LogP contribution in [0.4, 0.5) is 0 Å². The molecule has 0 atom stereocenters. The Morgan fingerprint density at radius 3 is 1.76 bits per heavy atom. The van der Waals surface area contributed by atoms with Crippen molar-refractivity contribution in [3.05, 3.63) is 35.4 Å². The SMILES string of the molecule is CC(C)c1ccccc1C(O)(C(C)C)C(C)C. The Balaban J connectivity index is 3.39. The van der Waals surface area contributed by atoms with Gasteiger partial charge in [0.25, 0.3) is 0 Å². The van der Waals surface area contributed by atoms with E-state index in [0.29, 0.717) is 5.92 Å². The van der Waals surface area contributed by atoms with Crippen molar-refractivity contribution >= 4 is 0 Å². The van der Waals surface area contributed by atoms with E-state index in [4.69, 9.17) is 0 Å². The molecule has 0 aromatic heterocycles. The van der Waals surface area contributed by atoms with Crippen LogP contribution in [0.3, 0.4) is 0 Å². The van der Waals surface area contributed by atoms with E-state index in [1.165, 1.54) is 5.56 Å². The third-order valence-electron chi connectivity index (χ3n) is 3.77. The Labute approximate surface area is 106 Å². The van der Waals surface area contributed by atoms with Crippen molar-refractivity contribution in [1.29, 1.82) is 0 Å². The first kappa shape index (κ1) is 14.2. The Morgan fingerprint density at radius 1 is 0.882 bits per heavy atom. The molecule has 0 saturated heterocycles. The summed E-state index contributed by atoms with van der Waals surface area (Å²) in [6.45, 7) is 12.7. The van der Waals surface area contributed by atoms with Gasteiger partial charge in [-0.1, -0.05) is 65.8 Å². The van der Waals surface area contributed by atoms with Crippen LogP contribution in [0.1, 0.15) is 58.6 Å².